The molecule has 0 heterocycles. The highest BCUT2D eigenvalue weighted by Crippen LogP contribution is 2.15. The Bertz CT molecular complexity index is 432. The summed E-state index contributed by atoms with van der Waals surface area (Å²) in [6.45, 7) is 5.03. The molecule has 0 atom stereocenters. The molecule has 0 spiro atoms. The lowest BCUT2D eigenvalue weighted by molar-refractivity contribution is 0.553. The molecule has 94 valence electrons. The van der Waals surface area contributed by atoms with E-state index in [0.29, 0.717) is 0 Å². The Morgan fingerprint density at radius 1 is 1.28 bits per heavy atom. The number of rotatable bonds is 6. The van der Waals surface area contributed by atoms with Crippen molar-refractivity contribution in [1.82, 2.24) is 0 Å². The normalized spacial score (nSPS) is 12.1. The average Bonchev–Trinajstić information content (AvgIpc) is 2.35. The van der Waals surface area contributed by atoms with Gasteiger partial charge in [-0.2, -0.15) is 0 Å². The highest BCUT2D eigenvalue weighted by Gasteiger charge is 2.11. The van der Waals surface area contributed by atoms with Gasteiger partial charge in [0.15, 0.2) is 0 Å². The van der Waals surface area contributed by atoms with Crippen molar-refractivity contribution in [3.05, 3.63) is 42.0 Å². The number of hydrogen-bond donors (Lipinski definition) is 0. The predicted molar refractivity (Wildman–Crippen MR) is 80.7 cm³/mol. The van der Waals surface area contributed by atoms with Crippen molar-refractivity contribution in [3.8, 4) is 12.3 Å². The number of hydrogen-bond acceptors (Lipinski definition) is 1. The van der Waals surface area contributed by atoms with Crippen molar-refractivity contribution in [2.45, 2.75) is 26.7 Å². The zero-order valence-corrected chi connectivity index (χ0v) is 11.3. The second-order valence-corrected chi connectivity index (χ2v) is 5.01. The largest absolute Gasteiger partial charge is 0.297 e. The quantitative estimate of drug-likeness (QED) is 0.400. The van der Waals surface area contributed by atoms with Crippen molar-refractivity contribution in [3.63, 3.8) is 0 Å². The second-order valence-electron chi connectivity index (χ2n) is 5.01. The summed E-state index contributed by atoms with van der Waals surface area (Å²) in [7, 11) is 0. The van der Waals surface area contributed by atoms with Crippen LogP contribution in [0.5, 0.6) is 0 Å². The molecule has 1 rings (SSSR count). The van der Waals surface area contributed by atoms with Gasteiger partial charge in [-0.1, -0.05) is 56.3 Å². The maximum absolute atomic E-state index is 5.31. The molecule has 0 bridgehead atoms. The summed E-state index contributed by atoms with van der Waals surface area (Å²) in [5.41, 5.74) is 1.24. The van der Waals surface area contributed by atoms with E-state index >= 15 is 0 Å². The molecule has 0 amide bonds. The average molecular weight is 239 g/mol. The first-order chi connectivity index (χ1) is 8.64. The maximum atomic E-state index is 5.31. The fourth-order valence-corrected chi connectivity index (χ4v) is 1.55. The summed E-state index contributed by atoms with van der Waals surface area (Å²) in [6, 6.07) is 10.3. The lowest BCUT2D eigenvalue weighted by Crippen LogP contribution is -2.11. The Kier molecular flexibility index (Phi) is 5.94. The van der Waals surface area contributed by atoms with Gasteiger partial charge in [-0.3, -0.25) is 4.99 Å². The molecule has 0 aliphatic heterocycles. The lowest BCUT2D eigenvalue weighted by Gasteiger charge is -2.14. The molecule has 18 heavy (non-hydrogen) atoms. The van der Waals surface area contributed by atoms with Gasteiger partial charge in [0.1, 0.15) is 0 Å². The molecular formula is C17H21N. The highest BCUT2D eigenvalue weighted by atomic mass is 14.7. The van der Waals surface area contributed by atoms with E-state index < -0.39 is 0 Å². The van der Waals surface area contributed by atoms with Crippen LogP contribution in [0.1, 0.15) is 32.3 Å². The molecule has 1 aromatic rings. The van der Waals surface area contributed by atoms with Crippen molar-refractivity contribution < 1.29 is 0 Å². The van der Waals surface area contributed by atoms with Crippen molar-refractivity contribution in [2.24, 2.45) is 10.4 Å². The molecule has 0 unspecified atom stereocenters. The van der Waals surface area contributed by atoms with Crippen LogP contribution < -0.4 is 0 Å². The molecule has 0 aliphatic carbocycles. The van der Waals surface area contributed by atoms with E-state index in [1.807, 2.05) is 24.4 Å². The van der Waals surface area contributed by atoms with Crippen molar-refractivity contribution in [2.75, 3.05) is 6.54 Å². The molecule has 1 nitrogen and oxygen atoms in total. The summed E-state index contributed by atoms with van der Waals surface area (Å²) >= 11 is 0. The van der Waals surface area contributed by atoms with Crippen LogP contribution in [0.15, 0.2) is 41.4 Å². The highest BCUT2D eigenvalue weighted by molar-refractivity contribution is 5.65. The van der Waals surface area contributed by atoms with E-state index in [2.05, 4.69) is 49.0 Å². The van der Waals surface area contributed by atoms with Gasteiger partial charge in [0.25, 0.3) is 0 Å². The topological polar surface area (TPSA) is 12.4 Å². The van der Waals surface area contributed by atoms with Crippen molar-refractivity contribution in [1.29, 1.82) is 0 Å². The molecule has 1 heteroatoms. The van der Waals surface area contributed by atoms with Crippen molar-refractivity contribution >= 4 is 12.3 Å². The van der Waals surface area contributed by atoms with Gasteiger partial charge in [-0.15, -0.1) is 12.3 Å². The van der Waals surface area contributed by atoms with Gasteiger partial charge >= 0.3 is 0 Å². The first-order valence-corrected chi connectivity index (χ1v) is 6.30. The summed E-state index contributed by atoms with van der Waals surface area (Å²) in [5.74, 6) is 2.68. The Balaban J connectivity index is 2.29. The minimum atomic E-state index is 0.0118. The van der Waals surface area contributed by atoms with Crippen LogP contribution in [-0.4, -0.2) is 12.8 Å². The van der Waals surface area contributed by atoms with Gasteiger partial charge < -0.3 is 0 Å². The van der Waals surface area contributed by atoms with Gasteiger partial charge in [0, 0.05) is 24.6 Å². The monoisotopic (exact) mass is 239 g/mol. The van der Waals surface area contributed by atoms with Gasteiger partial charge in [0.05, 0.1) is 0 Å². The maximum Gasteiger partial charge on any atom is 0.0420 e. The zero-order valence-electron chi connectivity index (χ0n) is 11.3. The van der Waals surface area contributed by atoms with Crippen LogP contribution in [0, 0.1) is 17.8 Å². The molecule has 0 radical (unpaired) electrons. The summed E-state index contributed by atoms with van der Waals surface area (Å²) in [4.78, 5) is 4.42. The first-order valence-electron chi connectivity index (χ1n) is 6.30. The number of benzene rings is 1. The summed E-state index contributed by atoms with van der Waals surface area (Å²) in [6.07, 6.45) is 13.3. The van der Waals surface area contributed by atoms with Gasteiger partial charge in [0.2, 0.25) is 0 Å². The second kappa shape index (κ2) is 7.50. The third-order valence-electron chi connectivity index (χ3n) is 2.53. The van der Waals surface area contributed by atoms with E-state index in [0.717, 1.165) is 19.4 Å². The third-order valence-corrected chi connectivity index (χ3v) is 2.53. The van der Waals surface area contributed by atoms with Crippen LogP contribution >= 0.6 is 0 Å². The van der Waals surface area contributed by atoms with E-state index in [-0.39, 0.29) is 5.41 Å². The molecule has 0 aliphatic rings. The minimum absolute atomic E-state index is 0.0118. The summed E-state index contributed by atoms with van der Waals surface area (Å²) < 4.78 is 0. The zero-order chi connectivity index (χ0) is 13.3. The minimum Gasteiger partial charge on any atom is -0.297 e. The molecule has 1 aromatic carbocycles. The Morgan fingerprint density at radius 3 is 2.67 bits per heavy atom. The number of nitrogens with zero attached hydrogens (tertiary/aromatic N) is 1. The third kappa shape index (κ3) is 6.06. The smallest absolute Gasteiger partial charge is 0.0420 e. The molecule has 0 N–H and O–H groups in total. The SMILES string of the molecule is C#CCC(C)(C)C=NCC/C=C\c1ccccc1. The molecule has 0 saturated heterocycles. The predicted octanol–water partition coefficient (Wildman–Crippen LogP) is 4.21. The molecule has 0 fully saturated rings. The van der Waals surface area contributed by atoms with Crippen LogP contribution in [0.3, 0.4) is 0 Å². The van der Waals surface area contributed by atoms with Gasteiger partial charge in [-0.05, 0) is 12.0 Å². The summed E-state index contributed by atoms with van der Waals surface area (Å²) in [5, 5.41) is 0. The van der Waals surface area contributed by atoms with Gasteiger partial charge in [-0.25, -0.2) is 0 Å². The number of aliphatic imine (C=N–C) groups is 1. The lowest BCUT2D eigenvalue weighted by atomic mass is 9.91. The molecule has 0 aromatic heterocycles. The van der Waals surface area contributed by atoms with E-state index in [1.165, 1.54) is 5.56 Å². The fourth-order valence-electron chi connectivity index (χ4n) is 1.55. The molecular weight excluding hydrogens is 218 g/mol. The van der Waals surface area contributed by atoms with Crippen LogP contribution in [-0.2, 0) is 0 Å². The molecule has 0 saturated carbocycles. The Hall–Kier alpha value is -1.81. The van der Waals surface area contributed by atoms with E-state index in [4.69, 9.17) is 6.42 Å². The Labute approximate surface area is 111 Å². The van der Waals surface area contributed by atoms with Crippen LogP contribution in [0.2, 0.25) is 0 Å². The standard InChI is InChI=1S/C17H21N/c1-4-13-17(2,3)15-18-14-9-8-12-16-10-6-5-7-11-16/h1,5-8,10-12,15H,9,13-14H2,2-3H3/b12-8-,18-15?. The number of terminal acetylenes is 1. The fraction of sp³-hybridized carbons (Fsp3) is 0.353. The Morgan fingerprint density at radius 2 is 2.00 bits per heavy atom. The van der Waals surface area contributed by atoms with Crippen LogP contribution in [0.25, 0.3) is 6.08 Å². The van der Waals surface area contributed by atoms with E-state index in [9.17, 15) is 0 Å². The van der Waals surface area contributed by atoms with E-state index in [1.54, 1.807) is 0 Å². The first kappa shape index (κ1) is 14.3. The van der Waals surface area contributed by atoms with Crippen LogP contribution in [0.4, 0.5) is 0 Å².